The molecule has 0 saturated heterocycles. The molecule has 128 valence electrons. The maximum Gasteiger partial charge on any atom is 0.162 e. The molecule has 1 N–H and O–H groups in total. The molecule has 0 aliphatic heterocycles. The summed E-state index contributed by atoms with van der Waals surface area (Å²) in [6, 6.07) is 9.86. The second-order valence-corrected chi connectivity index (χ2v) is 4.69. The molecule has 0 aliphatic carbocycles. The molecule has 2 rings (SSSR count). The summed E-state index contributed by atoms with van der Waals surface area (Å²) in [5.41, 5.74) is 0. The van der Waals surface area contributed by atoms with Crippen LogP contribution in [0.2, 0.25) is 10.0 Å². The first kappa shape index (κ1) is 19.2. The third kappa shape index (κ3) is 7.30. The lowest BCUT2D eigenvalue weighted by atomic mass is 10.3. The number of ether oxygens (including phenoxy) is 3. The molecular formula is C16H19Cl2FO4. The van der Waals surface area contributed by atoms with Gasteiger partial charge in [-0.2, -0.15) is 0 Å². The maximum atomic E-state index is 9.96. The van der Waals surface area contributed by atoms with Gasteiger partial charge in [-0.15, -0.1) is 0 Å². The lowest BCUT2D eigenvalue weighted by molar-refractivity contribution is 0.355. The van der Waals surface area contributed by atoms with Crippen LogP contribution >= 0.6 is 23.2 Å². The molecule has 0 atom stereocenters. The molecule has 0 heterocycles. The predicted molar refractivity (Wildman–Crippen MR) is 91.3 cm³/mol. The number of aromatic hydroxyl groups is 1. The van der Waals surface area contributed by atoms with Crippen LogP contribution in [0.1, 0.15) is 1.37 Å². The Labute approximate surface area is 146 Å². The molecule has 4 nitrogen and oxygen atoms in total. The van der Waals surface area contributed by atoms with Gasteiger partial charge in [-0.1, -0.05) is 23.2 Å². The summed E-state index contributed by atoms with van der Waals surface area (Å²) in [6.07, 6.45) is 0. The number of halogens is 3. The van der Waals surface area contributed by atoms with Gasteiger partial charge in [0.15, 0.2) is 23.0 Å². The number of rotatable bonds is 3. The highest BCUT2D eigenvalue weighted by Crippen LogP contribution is 2.29. The van der Waals surface area contributed by atoms with Crippen LogP contribution in [0, 0.1) is 0 Å². The predicted octanol–water partition coefficient (Wildman–Crippen LogP) is 5.00. The maximum absolute atomic E-state index is 9.96. The number of benzene rings is 2. The van der Waals surface area contributed by atoms with Gasteiger partial charge >= 0.3 is 0 Å². The fourth-order valence-corrected chi connectivity index (χ4v) is 1.79. The number of hydrogen-bond acceptors (Lipinski definition) is 4. The van der Waals surface area contributed by atoms with Gasteiger partial charge in [-0.05, 0) is 24.3 Å². The van der Waals surface area contributed by atoms with Crippen molar-refractivity contribution in [3.8, 4) is 23.0 Å². The summed E-state index contributed by atoms with van der Waals surface area (Å²) in [5, 5.41) is 10.2. The number of phenolic OH excluding ortho intramolecular Hbond substituents is 1. The normalized spacial score (nSPS) is 9.39. The molecule has 0 saturated carbocycles. The Morgan fingerprint density at radius 3 is 1.74 bits per heavy atom. The van der Waals surface area contributed by atoms with Crippen molar-refractivity contribution in [2.75, 3.05) is 28.5 Å². The number of methoxy groups -OCH3 is 3. The minimum atomic E-state index is -1.00. The van der Waals surface area contributed by atoms with E-state index in [2.05, 4.69) is 0 Å². The first-order valence-corrected chi connectivity index (χ1v) is 6.94. The van der Waals surface area contributed by atoms with Crippen molar-refractivity contribution >= 4 is 23.2 Å². The fourth-order valence-electron chi connectivity index (χ4n) is 1.46. The van der Waals surface area contributed by atoms with Crippen molar-refractivity contribution in [1.82, 2.24) is 0 Å². The van der Waals surface area contributed by atoms with Crippen LogP contribution in [0.15, 0.2) is 36.4 Å². The van der Waals surface area contributed by atoms with E-state index in [0.29, 0.717) is 27.3 Å². The van der Waals surface area contributed by atoms with E-state index in [4.69, 9.17) is 43.9 Å². The zero-order valence-corrected chi connectivity index (χ0v) is 14.5. The molecule has 7 heteroatoms. The van der Waals surface area contributed by atoms with Crippen molar-refractivity contribution in [2.45, 2.75) is 0 Å². The lowest BCUT2D eigenvalue weighted by Gasteiger charge is -2.06. The molecular weight excluding hydrogens is 346 g/mol. The van der Waals surface area contributed by atoms with E-state index in [1.165, 1.54) is 13.2 Å². The van der Waals surface area contributed by atoms with Gasteiger partial charge < -0.3 is 19.3 Å². The summed E-state index contributed by atoms with van der Waals surface area (Å²) >= 11 is 11.3. The average molecular weight is 366 g/mol. The Hall–Kier alpha value is -1.85. The van der Waals surface area contributed by atoms with Crippen LogP contribution in [0.25, 0.3) is 0 Å². The zero-order valence-electron chi connectivity index (χ0n) is 14.0. The summed E-state index contributed by atoms with van der Waals surface area (Å²) < 4.78 is 30.3. The molecule has 0 aliphatic rings. The van der Waals surface area contributed by atoms with Crippen molar-refractivity contribution in [3.05, 3.63) is 46.4 Å². The highest BCUT2D eigenvalue weighted by Gasteiger charge is 2.01. The zero-order chi connectivity index (χ0) is 18.5. The van der Waals surface area contributed by atoms with Gasteiger partial charge in [-0.25, -0.2) is 0 Å². The Kier molecular flexibility index (Phi) is 9.75. The first-order valence-electron chi connectivity index (χ1n) is 6.89. The van der Waals surface area contributed by atoms with E-state index in [1.54, 1.807) is 44.6 Å². The molecule has 0 aromatic heterocycles. The SMILES string of the molecule is COc1cc(Cl)ccc1O.COc1ccc(Cl)cc1OC.[2H]CF. The Bertz CT molecular complexity index is 615. The molecule has 2 aromatic rings. The van der Waals surface area contributed by atoms with E-state index in [0.717, 1.165) is 0 Å². The Morgan fingerprint density at radius 1 is 0.870 bits per heavy atom. The summed E-state index contributed by atoms with van der Waals surface area (Å²) in [4.78, 5) is 0. The van der Waals surface area contributed by atoms with E-state index < -0.39 is 7.15 Å². The molecule has 0 amide bonds. The van der Waals surface area contributed by atoms with Crippen LogP contribution in [-0.2, 0) is 0 Å². The third-order valence-electron chi connectivity index (χ3n) is 2.49. The van der Waals surface area contributed by atoms with Crippen molar-refractivity contribution in [3.63, 3.8) is 0 Å². The molecule has 23 heavy (non-hydrogen) atoms. The standard InChI is InChI=1S/C8H9ClO2.C7H7ClO2.CH3F/c1-10-7-4-3-6(9)5-8(7)11-2;1-10-7-4-5(8)2-3-6(7)9;1-2/h3-5H,1-2H3;2-4,9H,1H3;1H3/i;;1D. The molecule has 0 bridgehead atoms. The highest BCUT2D eigenvalue weighted by molar-refractivity contribution is 6.31. The van der Waals surface area contributed by atoms with Crippen molar-refractivity contribution < 1.29 is 25.1 Å². The van der Waals surface area contributed by atoms with E-state index in [9.17, 15) is 4.39 Å². The topological polar surface area (TPSA) is 47.9 Å². The third-order valence-corrected chi connectivity index (χ3v) is 2.96. The minimum absolute atomic E-state index is 0.104. The van der Waals surface area contributed by atoms with E-state index in [1.807, 2.05) is 0 Å². The van der Waals surface area contributed by atoms with Crippen LogP contribution in [0.3, 0.4) is 0 Å². The Balaban J connectivity index is 0.000000381. The number of phenols is 1. The summed E-state index contributed by atoms with van der Waals surface area (Å²) in [7, 11) is 3.64. The van der Waals surface area contributed by atoms with Gasteiger partial charge in [0.05, 0.1) is 29.9 Å². The van der Waals surface area contributed by atoms with Crippen LogP contribution < -0.4 is 14.2 Å². The quantitative estimate of drug-likeness (QED) is 0.831. The lowest BCUT2D eigenvalue weighted by Crippen LogP contribution is -1.89. The smallest absolute Gasteiger partial charge is 0.162 e. The number of alkyl halides is 1. The van der Waals surface area contributed by atoms with Crippen LogP contribution in [0.5, 0.6) is 23.0 Å². The molecule has 0 unspecified atom stereocenters. The largest absolute Gasteiger partial charge is 0.504 e. The van der Waals surface area contributed by atoms with Crippen molar-refractivity contribution in [1.29, 1.82) is 0 Å². The molecule has 0 spiro atoms. The highest BCUT2D eigenvalue weighted by atomic mass is 35.5. The fraction of sp³-hybridized carbons (Fsp3) is 0.250. The second kappa shape index (κ2) is 11.7. The van der Waals surface area contributed by atoms with Gasteiger partial charge in [0.25, 0.3) is 0 Å². The second-order valence-electron chi connectivity index (χ2n) is 3.82. The molecule has 0 fully saturated rings. The first-order chi connectivity index (χ1) is 11.4. The molecule has 2 aromatic carbocycles. The average Bonchev–Trinajstić information content (AvgIpc) is 2.58. The van der Waals surface area contributed by atoms with Gasteiger partial charge in [0.2, 0.25) is 0 Å². The minimum Gasteiger partial charge on any atom is -0.504 e. The summed E-state index contributed by atoms with van der Waals surface area (Å²) in [5.74, 6) is 1.84. The van der Waals surface area contributed by atoms with E-state index in [-0.39, 0.29) is 5.75 Å². The van der Waals surface area contributed by atoms with Crippen LogP contribution in [0.4, 0.5) is 4.39 Å². The number of hydrogen-bond donors (Lipinski definition) is 1. The molecule has 0 radical (unpaired) electrons. The van der Waals surface area contributed by atoms with Gasteiger partial charge in [0.1, 0.15) is 0 Å². The van der Waals surface area contributed by atoms with Gasteiger partial charge in [-0.3, -0.25) is 4.39 Å². The van der Waals surface area contributed by atoms with Crippen LogP contribution in [-0.4, -0.2) is 33.6 Å². The monoisotopic (exact) mass is 365 g/mol. The summed E-state index contributed by atoms with van der Waals surface area (Å²) in [6.45, 7) is 0. The van der Waals surface area contributed by atoms with Gasteiger partial charge in [0, 0.05) is 22.2 Å². The van der Waals surface area contributed by atoms with Crippen molar-refractivity contribution in [2.24, 2.45) is 0 Å². The Morgan fingerprint density at radius 2 is 1.30 bits per heavy atom. The van der Waals surface area contributed by atoms with E-state index >= 15 is 0 Å².